The van der Waals surface area contributed by atoms with Crippen molar-refractivity contribution < 1.29 is 9.13 Å². The Morgan fingerprint density at radius 2 is 1.76 bits per heavy atom. The lowest BCUT2D eigenvalue weighted by Gasteiger charge is -2.19. The quantitative estimate of drug-likeness (QED) is 0.874. The lowest BCUT2D eigenvalue weighted by molar-refractivity contribution is 0.409. The molecule has 1 N–H and O–H groups in total. The average Bonchev–Trinajstić information content (AvgIpc) is 2.45. The Morgan fingerprint density at radius 1 is 1.10 bits per heavy atom. The molecule has 0 bridgehead atoms. The first kappa shape index (κ1) is 15.4. The normalized spacial score (nSPS) is 12.0. The molecule has 21 heavy (non-hydrogen) atoms. The Hall–Kier alpha value is -2.03. The van der Waals surface area contributed by atoms with Gasteiger partial charge in [-0.1, -0.05) is 18.2 Å². The highest BCUT2D eigenvalue weighted by atomic mass is 19.1. The van der Waals surface area contributed by atoms with E-state index in [0.717, 1.165) is 34.5 Å². The first-order valence-electron chi connectivity index (χ1n) is 7.16. The second-order valence-electron chi connectivity index (χ2n) is 5.46. The standard InChI is InChI=1S/C18H22FNO/c1-12-5-10-17(14(3)18(12)21-4)20-13(2)11-15-6-8-16(19)9-7-15/h5-10,13,20H,11H2,1-4H3. The lowest BCUT2D eigenvalue weighted by atomic mass is 10.0. The highest BCUT2D eigenvalue weighted by molar-refractivity contribution is 5.60. The number of hydrogen-bond acceptors (Lipinski definition) is 2. The van der Waals surface area contributed by atoms with Crippen LogP contribution in [-0.4, -0.2) is 13.2 Å². The molecular formula is C18H22FNO. The van der Waals surface area contributed by atoms with Crippen LogP contribution >= 0.6 is 0 Å². The first-order valence-corrected chi connectivity index (χ1v) is 7.16. The summed E-state index contributed by atoms with van der Waals surface area (Å²) in [4.78, 5) is 0. The van der Waals surface area contributed by atoms with Crippen molar-refractivity contribution >= 4 is 5.69 Å². The molecule has 2 aromatic carbocycles. The van der Waals surface area contributed by atoms with Crippen LogP contribution in [0.5, 0.6) is 5.75 Å². The van der Waals surface area contributed by atoms with Crippen molar-refractivity contribution in [3.05, 3.63) is 58.9 Å². The van der Waals surface area contributed by atoms with Gasteiger partial charge in [-0.05, 0) is 56.5 Å². The number of ether oxygens (including phenoxy) is 1. The summed E-state index contributed by atoms with van der Waals surface area (Å²) in [7, 11) is 1.70. The molecule has 0 heterocycles. The molecule has 0 radical (unpaired) electrons. The molecule has 0 fully saturated rings. The fraction of sp³-hybridized carbons (Fsp3) is 0.333. The van der Waals surface area contributed by atoms with Crippen molar-refractivity contribution in [1.82, 2.24) is 0 Å². The number of anilines is 1. The van der Waals surface area contributed by atoms with Gasteiger partial charge in [-0.15, -0.1) is 0 Å². The molecule has 0 saturated heterocycles. The van der Waals surface area contributed by atoms with Gasteiger partial charge in [0.05, 0.1) is 7.11 Å². The monoisotopic (exact) mass is 287 g/mol. The molecule has 1 atom stereocenters. The fourth-order valence-corrected chi connectivity index (χ4v) is 2.59. The number of aryl methyl sites for hydroxylation is 1. The van der Waals surface area contributed by atoms with Gasteiger partial charge in [-0.2, -0.15) is 0 Å². The minimum absolute atomic E-state index is 0.196. The zero-order chi connectivity index (χ0) is 15.4. The van der Waals surface area contributed by atoms with E-state index in [-0.39, 0.29) is 11.9 Å². The SMILES string of the molecule is COc1c(C)ccc(NC(C)Cc2ccc(F)cc2)c1C. The van der Waals surface area contributed by atoms with Crippen molar-refractivity contribution in [3.63, 3.8) is 0 Å². The Bertz CT molecular complexity index is 607. The van der Waals surface area contributed by atoms with Crippen molar-refractivity contribution in [2.45, 2.75) is 33.2 Å². The number of methoxy groups -OCH3 is 1. The molecule has 2 aromatic rings. The zero-order valence-electron chi connectivity index (χ0n) is 13.0. The van der Waals surface area contributed by atoms with Gasteiger partial charge in [-0.3, -0.25) is 0 Å². The largest absolute Gasteiger partial charge is 0.496 e. The van der Waals surface area contributed by atoms with E-state index in [1.807, 2.05) is 19.1 Å². The van der Waals surface area contributed by atoms with Crippen LogP contribution in [0.15, 0.2) is 36.4 Å². The number of benzene rings is 2. The maximum atomic E-state index is 12.9. The van der Waals surface area contributed by atoms with Crippen LogP contribution in [0.1, 0.15) is 23.6 Å². The zero-order valence-corrected chi connectivity index (χ0v) is 13.0. The van der Waals surface area contributed by atoms with Gasteiger partial charge in [0.25, 0.3) is 0 Å². The van der Waals surface area contributed by atoms with Crippen LogP contribution < -0.4 is 10.1 Å². The molecule has 2 rings (SSSR count). The second kappa shape index (κ2) is 6.61. The first-order chi connectivity index (χ1) is 10.0. The Kier molecular flexibility index (Phi) is 4.84. The van der Waals surface area contributed by atoms with Crippen LogP contribution in [-0.2, 0) is 6.42 Å². The summed E-state index contributed by atoms with van der Waals surface area (Å²) < 4.78 is 18.4. The smallest absolute Gasteiger partial charge is 0.126 e. The van der Waals surface area contributed by atoms with Crippen molar-refractivity contribution in [2.75, 3.05) is 12.4 Å². The topological polar surface area (TPSA) is 21.3 Å². The molecule has 0 amide bonds. The summed E-state index contributed by atoms with van der Waals surface area (Å²) in [6, 6.07) is 11.0. The van der Waals surface area contributed by atoms with Crippen LogP contribution in [0.25, 0.3) is 0 Å². The maximum absolute atomic E-state index is 12.9. The predicted molar refractivity (Wildman–Crippen MR) is 85.7 cm³/mol. The lowest BCUT2D eigenvalue weighted by Crippen LogP contribution is -2.19. The molecule has 0 aliphatic heterocycles. The minimum atomic E-state index is -0.196. The molecule has 0 saturated carbocycles. The van der Waals surface area contributed by atoms with Crippen LogP contribution in [0.3, 0.4) is 0 Å². The van der Waals surface area contributed by atoms with E-state index in [2.05, 4.69) is 31.3 Å². The molecule has 0 aliphatic rings. The van der Waals surface area contributed by atoms with Gasteiger partial charge in [0.1, 0.15) is 11.6 Å². The fourth-order valence-electron chi connectivity index (χ4n) is 2.59. The van der Waals surface area contributed by atoms with E-state index < -0.39 is 0 Å². The number of rotatable bonds is 5. The summed E-state index contributed by atoms with van der Waals surface area (Å²) in [6.07, 6.45) is 0.843. The van der Waals surface area contributed by atoms with Gasteiger partial charge in [0.2, 0.25) is 0 Å². The van der Waals surface area contributed by atoms with Crippen molar-refractivity contribution in [1.29, 1.82) is 0 Å². The van der Waals surface area contributed by atoms with Gasteiger partial charge in [0, 0.05) is 17.3 Å². The molecule has 1 unspecified atom stereocenters. The van der Waals surface area contributed by atoms with E-state index in [0.29, 0.717) is 0 Å². The Morgan fingerprint density at radius 3 is 2.38 bits per heavy atom. The summed E-state index contributed by atoms with van der Waals surface area (Å²) in [5.41, 5.74) is 4.44. The third kappa shape index (κ3) is 3.75. The van der Waals surface area contributed by atoms with Gasteiger partial charge in [0.15, 0.2) is 0 Å². The average molecular weight is 287 g/mol. The summed E-state index contributed by atoms with van der Waals surface area (Å²) >= 11 is 0. The molecule has 112 valence electrons. The van der Waals surface area contributed by atoms with E-state index in [9.17, 15) is 4.39 Å². The molecule has 2 nitrogen and oxygen atoms in total. The minimum Gasteiger partial charge on any atom is -0.496 e. The third-order valence-corrected chi connectivity index (χ3v) is 3.66. The number of hydrogen-bond donors (Lipinski definition) is 1. The van der Waals surface area contributed by atoms with Crippen LogP contribution in [0.4, 0.5) is 10.1 Å². The third-order valence-electron chi connectivity index (χ3n) is 3.66. The summed E-state index contributed by atoms with van der Waals surface area (Å²) in [6.45, 7) is 6.21. The number of nitrogens with one attached hydrogen (secondary N) is 1. The molecule has 0 aliphatic carbocycles. The highest BCUT2D eigenvalue weighted by Gasteiger charge is 2.10. The maximum Gasteiger partial charge on any atom is 0.126 e. The highest BCUT2D eigenvalue weighted by Crippen LogP contribution is 2.29. The molecule has 0 aromatic heterocycles. The Balaban J connectivity index is 2.09. The van der Waals surface area contributed by atoms with E-state index in [1.165, 1.54) is 12.1 Å². The predicted octanol–water partition coefficient (Wildman–Crippen LogP) is 4.49. The molecular weight excluding hydrogens is 265 g/mol. The van der Waals surface area contributed by atoms with Gasteiger partial charge < -0.3 is 10.1 Å². The van der Waals surface area contributed by atoms with E-state index in [1.54, 1.807) is 7.11 Å². The summed E-state index contributed by atoms with van der Waals surface area (Å²) in [5, 5.41) is 3.50. The number of halogens is 1. The van der Waals surface area contributed by atoms with Crippen LogP contribution in [0.2, 0.25) is 0 Å². The second-order valence-corrected chi connectivity index (χ2v) is 5.46. The van der Waals surface area contributed by atoms with Gasteiger partial charge >= 0.3 is 0 Å². The molecule has 0 spiro atoms. The Labute approximate surface area is 126 Å². The summed E-state index contributed by atoms with van der Waals surface area (Å²) in [5.74, 6) is 0.729. The molecule has 3 heteroatoms. The van der Waals surface area contributed by atoms with E-state index in [4.69, 9.17) is 4.74 Å². The van der Waals surface area contributed by atoms with Crippen molar-refractivity contribution in [2.24, 2.45) is 0 Å². The van der Waals surface area contributed by atoms with Crippen molar-refractivity contribution in [3.8, 4) is 5.75 Å². The van der Waals surface area contributed by atoms with E-state index >= 15 is 0 Å². The van der Waals surface area contributed by atoms with Crippen LogP contribution in [0, 0.1) is 19.7 Å². The van der Waals surface area contributed by atoms with Gasteiger partial charge in [-0.25, -0.2) is 4.39 Å².